The summed E-state index contributed by atoms with van der Waals surface area (Å²) in [6, 6.07) is 17.0. The molecule has 0 bridgehead atoms. The first-order valence-electron chi connectivity index (χ1n) is 8.86. The second-order valence-electron chi connectivity index (χ2n) is 6.52. The van der Waals surface area contributed by atoms with Crippen LogP contribution in [0.4, 0.5) is 5.69 Å². The summed E-state index contributed by atoms with van der Waals surface area (Å²) in [6.07, 6.45) is 1.46. The highest BCUT2D eigenvalue weighted by Gasteiger charge is 2.14. The van der Waals surface area contributed by atoms with Crippen molar-refractivity contribution in [3.8, 4) is 11.8 Å². The molecule has 1 unspecified atom stereocenters. The zero-order chi connectivity index (χ0) is 19.8. The summed E-state index contributed by atoms with van der Waals surface area (Å²) in [7, 11) is 1.61. The first-order valence-corrected chi connectivity index (χ1v) is 8.86. The van der Waals surface area contributed by atoms with Crippen molar-refractivity contribution in [1.82, 2.24) is 5.32 Å². The Balaban J connectivity index is 2.09. The lowest BCUT2D eigenvalue weighted by Gasteiger charge is -2.15. The molecule has 5 heteroatoms. The standard InChI is InChI=1S/C22H25N3O2/c1-15(2)20-7-5-6-8-21(20)24-14-18(13-23)22(26)25-16(3)17-9-11-19(27-4)12-10-17/h5-12,14-16,24H,1-4H3,(H,25,26)/b18-14-. The van der Waals surface area contributed by atoms with Gasteiger partial charge in [0, 0.05) is 11.9 Å². The molecule has 0 spiro atoms. The van der Waals surface area contributed by atoms with E-state index in [-0.39, 0.29) is 11.6 Å². The maximum absolute atomic E-state index is 12.5. The third-order valence-electron chi connectivity index (χ3n) is 4.28. The minimum absolute atomic E-state index is 0.0221. The monoisotopic (exact) mass is 363 g/mol. The van der Waals surface area contributed by atoms with Gasteiger partial charge in [0.2, 0.25) is 0 Å². The Hall–Kier alpha value is -3.26. The number of amides is 1. The van der Waals surface area contributed by atoms with Gasteiger partial charge in [-0.15, -0.1) is 0 Å². The molecule has 0 fully saturated rings. The number of carbonyl (C=O) groups excluding carboxylic acids is 1. The normalized spacial score (nSPS) is 12.2. The minimum atomic E-state index is -0.421. The molecule has 0 aliphatic carbocycles. The van der Waals surface area contributed by atoms with Crippen LogP contribution in [0, 0.1) is 11.3 Å². The van der Waals surface area contributed by atoms with Crippen LogP contribution in [0.15, 0.2) is 60.3 Å². The second kappa shape index (κ2) is 9.44. The molecule has 1 atom stereocenters. The Kier molecular flexibility index (Phi) is 7.01. The molecule has 0 aliphatic rings. The Morgan fingerprint density at radius 3 is 2.37 bits per heavy atom. The van der Waals surface area contributed by atoms with Crippen LogP contribution < -0.4 is 15.4 Å². The molecule has 5 nitrogen and oxygen atoms in total. The van der Waals surface area contributed by atoms with E-state index in [1.807, 2.05) is 61.5 Å². The highest BCUT2D eigenvalue weighted by molar-refractivity contribution is 5.97. The van der Waals surface area contributed by atoms with Gasteiger partial charge >= 0.3 is 0 Å². The molecule has 2 aromatic rings. The van der Waals surface area contributed by atoms with Gasteiger partial charge in [0.05, 0.1) is 13.2 Å². The third kappa shape index (κ3) is 5.35. The largest absolute Gasteiger partial charge is 0.497 e. The van der Waals surface area contributed by atoms with Gasteiger partial charge in [-0.3, -0.25) is 4.79 Å². The van der Waals surface area contributed by atoms with E-state index in [1.54, 1.807) is 7.11 Å². The summed E-state index contributed by atoms with van der Waals surface area (Å²) in [5.74, 6) is 0.662. The molecule has 0 aromatic heterocycles. The maximum Gasteiger partial charge on any atom is 0.263 e. The van der Waals surface area contributed by atoms with E-state index in [9.17, 15) is 10.1 Å². The van der Waals surface area contributed by atoms with Crippen molar-refractivity contribution in [1.29, 1.82) is 5.26 Å². The second-order valence-corrected chi connectivity index (χ2v) is 6.52. The average Bonchev–Trinajstić information content (AvgIpc) is 2.68. The van der Waals surface area contributed by atoms with Crippen molar-refractivity contribution in [3.63, 3.8) is 0 Å². The number of methoxy groups -OCH3 is 1. The summed E-state index contributed by atoms with van der Waals surface area (Å²) >= 11 is 0. The van der Waals surface area contributed by atoms with Crippen molar-refractivity contribution in [2.45, 2.75) is 32.7 Å². The lowest BCUT2D eigenvalue weighted by atomic mass is 10.0. The van der Waals surface area contributed by atoms with E-state index in [2.05, 4.69) is 24.5 Å². The highest BCUT2D eigenvalue weighted by Crippen LogP contribution is 2.24. The number of anilines is 1. The number of benzene rings is 2. The van der Waals surface area contributed by atoms with Crippen molar-refractivity contribution < 1.29 is 9.53 Å². The number of nitrogens with one attached hydrogen (secondary N) is 2. The molecule has 27 heavy (non-hydrogen) atoms. The van der Waals surface area contributed by atoms with Gasteiger partial charge in [-0.25, -0.2) is 0 Å². The fourth-order valence-corrected chi connectivity index (χ4v) is 2.68. The van der Waals surface area contributed by atoms with Crippen LogP contribution in [0.5, 0.6) is 5.75 Å². The fraction of sp³-hybridized carbons (Fsp3) is 0.273. The van der Waals surface area contributed by atoms with Gasteiger partial charge in [0.1, 0.15) is 17.4 Å². The highest BCUT2D eigenvalue weighted by atomic mass is 16.5. The van der Waals surface area contributed by atoms with Crippen LogP contribution >= 0.6 is 0 Å². The average molecular weight is 363 g/mol. The summed E-state index contributed by atoms with van der Waals surface area (Å²) in [5.41, 5.74) is 2.96. The Morgan fingerprint density at radius 1 is 1.11 bits per heavy atom. The van der Waals surface area contributed by atoms with Crippen LogP contribution in [-0.4, -0.2) is 13.0 Å². The minimum Gasteiger partial charge on any atom is -0.497 e. The molecule has 2 aromatic carbocycles. The van der Waals surface area contributed by atoms with E-state index < -0.39 is 5.91 Å². The van der Waals surface area contributed by atoms with Crippen molar-refractivity contribution in [3.05, 3.63) is 71.4 Å². The summed E-state index contributed by atoms with van der Waals surface area (Å²) in [6.45, 7) is 6.06. The lowest BCUT2D eigenvalue weighted by molar-refractivity contribution is -0.117. The van der Waals surface area contributed by atoms with E-state index >= 15 is 0 Å². The molecule has 140 valence electrons. The third-order valence-corrected chi connectivity index (χ3v) is 4.28. The molecule has 0 saturated heterocycles. The predicted octanol–water partition coefficient (Wildman–Crippen LogP) is 4.52. The van der Waals surface area contributed by atoms with Crippen LogP contribution in [0.1, 0.15) is 43.9 Å². The summed E-state index contributed by atoms with van der Waals surface area (Å²) in [5, 5.41) is 15.3. The van der Waals surface area contributed by atoms with Crippen molar-refractivity contribution in [2.75, 3.05) is 12.4 Å². The quantitative estimate of drug-likeness (QED) is 0.560. The van der Waals surface area contributed by atoms with E-state index in [4.69, 9.17) is 4.74 Å². The first kappa shape index (κ1) is 20.1. The van der Waals surface area contributed by atoms with Gasteiger partial charge in [-0.2, -0.15) is 5.26 Å². The van der Waals surface area contributed by atoms with Gasteiger partial charge in [-0.1, -0.05) is 44.2 Å². The molecule has 0 aliphatic heterocycles. The molecular formula is C22H25N3O2. The van der Waals surface area contributed by atoms with Gasteiger partial charge in [-0.05, 0) is 42.2 Å². The number of ether oxygens (including phenoxy) is 1. The molecule has 2 rings (SSSR count). The number of para-hydroxylation sites is 1. The number of rotatable bonds is 7. The molecule has 0 saturated carbocycles. The SMILES string of the molecule is COc1ccc(C(C)NC(=O)/C(C#N)=C\Nc2ccccc2C(C)C)cc1. The van der Waals surface area contributed by atoms with E-state index in [0.29, 0.717) is 5.92 Å². The van der Waals surface area contributed by atoms with Crippen LogP contribution in [0.2, 0.25) is 0 Å². The molecule has 0 heterocycles. The number of hydrogen-bond acceptors (Lipinski definition) is 4. The number of nitrogens with zero attached hydrogens (tertiary/aromatic N) is 1. The van der Waals surface area contributed by atoms with Gasteiger partial charge < -0.3 is 15.4 Å². The number of carbonyl (C=O) groups is 1. The van der Waals surface area contributed by atoms with Gasteiger partial charge in [0.25, 0.3) is 5.91 Å². The number of nitriles is 1. The Labute approximate surface area is 160 Å². The summed E-state index contributed by atoms with van der Waals surface area (Å²) in [4.78, 5) is 12.5. The lowest BCUT2D eigenvalue weighted by Crippen LogP contribution is -2.28. The zero-order valence-corrected chi connectivity index (χ0v) is 16.1. The van der Waals surface area contributed by atoms with E-state index in [1.165, 1.54) is 6.20 Å². The Bertz CT molecular complexity index is 849. The fourth-order valence-electron chi connectivity index (χ4n) is 2.68. The number of hydrogen-bond donors (Lipinski definition) is 2. The van der Waals surface area contributed by atoms with Crippen molar-refractivity contribution >= 4 is 11.6 Å². The van der Waals surface area contributed by atoms with Crippen LogP contribution in [0.3, 0.4) is 0 Å². The van der Waals surface area contributed by atoms with E-state index in [0.717, 1.165) is 22.6 Å². The van der Waals surface area contributed by atoms with Crippen molar-refractivity contribution in [2.24, 2.45) is 0 Å². The molecule has 1 amide bonds. The first-order chi connectivity index (χ1) is 13.0. The Morgan fingerprint density at radius 2 is 1.78 bits per heavy atom. The van der Waals surface area contributed by atoms with Gasteiger partial charge in [0.15, 0.2) is 0 Å². The molecule has 2 N–H and O–H groups in total. The maximum atomic E-state index is 12.5. The van der Waals surface area contributed by atoms with Crippen LogP contribution in [-0.2, 0) is 4.79 Å². The summed E-state index contributed by atoms with van der Waals surface area (Å²) < 4.78 is 5.14. The smallest absolute Gasteiger partial charge is 0.263 e. The zero-order valence-electron chi connectivity index (χ0n) is 16.1. The van der Waals surface area contributed by atoms with Crippen LogP contribution in [0.25, 0.3) is 0 Å². The topological polar surface area (TPSA) is 74.1 Å². The molecule has 0 radical (unpaired) electrons. The predicted molar refractivity (Wildman–Crippen MR) is 107 cm³/mol. The molecular weight excluding hydrogens is 338 g/mol.